The predicted octanol–water partition coefficient (Wildman–Crippen LogP) is 7.33. The van der Waals surface area contributed by atoms with Crippen LogP contribution >= 0.6 is 0 Å². The van der Waals surface area contributed by atoms with Crippen LogP contribution in [0.3, 0.4) is 0 Å². The van der Waals surface area contributed by atoms with E-state index < -0.39 is 0 Å². The average molecular weight is 540 g/mol. The first-order valence-electron chi connectivity index (χ1n) is 15.6. The van der Waals surface area contributed by atoms with Crippen LogP contribution in [-0.4, -0.2) is 17.5 Å². The molecule has 1 N–H and O–H groups in total. The molecule has 2 aromatic carbocycles. The Morgan fingerprint density at radius 1 is 0.850 bits per heavy atom. The Kier molecular flexibility index (Phi) is 7.25. The van der Waals surface area contributed by atoms with Gasteiger partial charge in [-0.05, 0) is 83.7 Å². The molecule has 4 fully saturated rings. The van der Waals surface area contributed by atoms with Crippen molar-refractivity contribution in [2.45, 2.75) is 84.6 Å². The predicted molar refractivity (Wildman–Crippen MR) is 157 cm³/mol. The molecule has 0 spiro atoms. The second kappa shape index (κ2) is 10.6. The summed E-state index contributed by atoms with van der Waals surface area (Å²) in [4.78, 5) is 39.5. The maximum Gasteiger partial charge on any atom is 0.221 e. The second-order valence-electron chi connectivity index (χ2n) is 14.1. The Bertz CT molecular complexity index is 1220. The topological polar surface area (TPSA) is 63.2 Å². The number of nitrogens with one attached hydrogen (secondary N) is 1. The molecule has 4 nitrogen and oxygen atoms in total. The van der Waals surface area contributed by atoms with Crippen LogP contribution in [0.25, 0.3) is 0 Å². The first-order chi connectivity index (χ1) is 19.2. The third-order valence-corrected chi connectivity index (χ3v) is 12.1. The minimum atomic E-state index is -0.166. The van der Waals surface area contributed by atoms with Gasteiger partial charge in [-0.25, -0.2) is 0 Å². The molecule has 0 heterocycles. The summed E-state index contributed by atoms with van der Waals surface area (Å²) in [7, 11) is 0. The molecule has 0 saturated heterocycles. The molecule has 0 aromatic heterocycles. The summed E-state index contributed by atoms with van der Waals surface area (Å²) in [6, 6.07) is 20.3. The van der Waals surface area contributed by atoms with Crippen LogP contribution in [-0.2, 0) is 14.4 Å². The number of hydrogen-bond acceptors (Lipinski definition) is 3. The van der Waals surface area contributed by atoms with Crippen LogP contribution in [0, 0.1) is 46.3 Å². The van der Waals surface area contributed by atoms with Gasteiger partial charge in [-0.15, -0.1) is 0 Å². The number of amides is 1. The number of fused-ring (bicyclic) bond motifs is 5. The Morgan fingerprint density at radius 2 is 1.48 bits per heavy atom. The van der Waals surface area contributed by atoms with Gasteiger partial charge in [0.15, 0.2) is 0 Å². The Labute approximate surface area is 239 Å². The molecule has 4 aliphatic rings. The van der Waals surface area contributed by atoms with Gasteiger partial charge in [0, 0.05) is 31.6 Å². The number of rotatable bonds is 6. The van der Waals surface area contributed by atoms with E-state index in [1.165, 1.54) is 0 Å². The van der Waals surface area contributed by atoms with Crippen LogP contribution in [0.4, 0.5) is 0 Å². The van der Waals surface area contributed by atoms with E-state index in [1.54, 1.807) is 0 Å². The lowest BCUT2D eigenvalue weighted by Gasteiger charge is -2.59. The highest BCUT2D eigenvalue weighted by atomic mass is 16.2. The standard InChI is InChI=1S/C36H45NO3/c1-23(20-32(40)37-34(24-10-6-4-7-11-24)25-12-8-5-9-13-25)28-14-15-29-33-30(17-19-36(28,29)3)35(2)18-16-27(38)21-26(35)22-31(33)39/h4-13,23,26,28-30,33-34H,14-22H2,1-3H3,(H,37,40)/t23-,26+,28?,29+,30+,33+,35+,36-/m1/s1. The molecule has 1 unspecified atom stereocenters. The molecule has 2 aromatic rings. The fourth-order valence-corrected chi connectivity index (χ4v) is 10.0. The van der Waals surface area contributed by atoms with Crippen molar-refractivity contribution >= 4 is 17.5 Å². The van der Waals surface area contributed by atoms with Crippen molar-refractivity contribution in [3.63, 3.8) is 0 Å². The molecule has 212 valence electrons. The zero-order valence-electron chi connectivity index (χ0n) is 24.4. The lowest BCUT2D eigenvalue weighted by molar-refractivity contribution is -0.159. The zero-order valence-corrected chi connectivity index (χ0v) is 24.4. The summed E-state index contributed by atoms with van der Waals surface area (Å²) in [6.45, 7) is 7.09. The van der Waals surface area contributed by atoms with Gasteiger partial charge in [0.05, 0.1) is 6.04 Å². The zero-order chi connectivity index (χ0) is 28.1. The summed E-state index contributed by atoms with van der Waals surface area (Å²) >= 11 is 0. The van der Waals surface area contributed by atoms with Crippen molar-refractivity contribution in [2.75, 3.05) is 0 Å². The summed E-state index contributed by atoms with van der Waals surface area (Å²) < 4.78 is 0. The highest BCUT2D eigenvalue weighted by molar-refractivity contribution is 5.86. The molecule has 0 radical (unpaired) electrons. The Balaban J connectivity index is 1.17. The maximum atomic E-state index is 13.7. The molecule has 0 bridgehead atoms. The van der Waals surface area contributed by atoms with Crippen LogP contribution in [0.15, 0.2) is 60.7 Å². The van der Waals surface area contributed by atoms with Gasteiger partial charge < -0.3 is 5.32 Å². The molecular weight excluding hydrogens is 494 g/mol. The maximum absolute atomic E-state index is 13.7. The third-order valence-electron chi connectivity index (χ3n) is 12.1. The first-order valence-corrected chi connectivity index (χ1v) is 15.6. The quantitative estimate of drug-likeness (QED) is 0.418. The third kappa shape index (κ3) is 4.65. The molecule has 1 amide bonds. The van der Waals surface area contributed by atoms with Gasteiger partial charge in [0.2, 0.25) is 5.91 Å². The van der Waals surface area contributed by atoms with E-state index in [4.69, 9.17) is 0 Å². The minimum Gasteiger partial charge on any atom is -0.345 e. The van der Waals surface area contributed by atoms with Crippen LogP contribution in [0.1, 0.15) is 95.7 Å². The van der Waals surface area contributed by atoms with E-state index in [2.05, 4.69) is 50.4 Å². The van der Waals surface area contributed by atoms with Crippen LogP contribution < -0.4 is 5.32 Å². The smallest absolute Gasteiger partial charge is 0.221 e. The Hall–Kier alpha value is -2.75. The van der Waals surface area contributed by atoms with Crippen molar-refractivity contribution in [1.29, 1.82) is 0 Å². The lowest BCUT2D eigenvalue weighted by atomic mass is 9.44. The summed E-state index contributed by atoms with van der Waals surface area (Å²) in [5.74, 6) is 2.79. The van der Waals surface area contributed by atoms with Gasteiger partial charge in [-0.3, -0.25) is 14.4 Å². The second-order valence-corrected chi connectivity index (χ2v) is 14.1. The lowest BCUT2D eigenvalue weighted by Crippen LogP contribution is -2.57. The van der Waals surface area contributed by atoms with E-state index in [0.29, 0.717) is 55.0 Å². The molecule has 4 saturated carbocycles. The van der Waals surface area contributed by atoms with Gasteiger partial charge in [-0.1, -0.05) is 81.4 Å². The normalized spacial score (nSPS) is 36.0. The van der Waals surface area contributed by atoms with E-state index in [-0.39, 0.29) is 40.5 Å². The van der Waals surface area contributed by atoms with Gasteiger partial charge in [0.1, 0.15) is 11.6 Å². The number of hydrogen-bond donors (Lipinski definition) is 1. The van der Waals surface area contributed by atoms with Gasteiger partial charge in [0.25, 0.3) is 0 Å². The highest BCUT2D eigenvalue weighted by Crippen LogP contribution is 2.67. The molecule has 4 heteroatoms. The fraction of sp³-hybridized carbons (Fsp3) is 0.583. The largest absolute Gasteiger partial charge is 0.345 e. The summed E-state index contributed by atoms with van der Waals surface area (Å²) in [5.41, 5.74) is 2.41. The van der Waals surface area contributed by atoms with E-state index in [0.717, 1.165) is 43.2 Å². The van der Waals surface area contributed by atoms with Crippen molar-refractivity contribution in [2.24, 2.45) is 46.3 Å². The SMILES string of the molecule is C[C@H](CC(=O)NC(c1ccccc1)c1ccccc1)C1CC[C@H]2[C@@H]3C(=O)C[C@@H]4CC(=O)CC[C@]4(C)[C@H]3CC[C@]12C. The first kappa shape index (κ1) is 27.4. The monoisotopic (exact) mass is 539 g/mol. The summed E-state index contributed by atoms with van der Waals surface area (Å²) in [5, 5.41) is 3.36. The fourth-order valence-electron chi connectivity index (χ4n) is 10.0. The minimum absolute atomic E-state index is 0.0990. The van der Waals surface area contributed by atoms with Crippen molar-refractivity contribution < 1.29 is 14.4 Å². The molecular formula is C36H45NO3. The van der Waals surface area contributed by atoms with Crippen molar-refractivity contribution in [1.82, 2.24) is 5.32 Å². The van der Waals surface area contributed by atoms with Crippen LogP contribution in [0.5, 0.6) is 0 Å². The van der Waals surface area contributed by atoms with E-state index >= 15 is 0 Å². The van der Waals surface area contributed by atoms with Crippen molar-refractivity contribution in [3.05, 3.63) is 71.8 Å². The van der Waals surface area contributed by atoms with E-state index in [9.17, 15) is 14.4 Å². The number of ketones is 2. The molecule has 0 aliphatic heterocycles. The molecule has 40 heavy (non-hydrogen) atoms. The summed E-state index contributed by atoms with van der Waals surface area (Å²) in [6.07, 6.45) is 7.77. The number of carbonyl (C=O) groups is 3. The van der Waals surface area contributed by atoms with Crippen LogP contribution in [0.2, 0.25) is 0 Å². The van der Waals surface area contributed by atoms with Crippen molar-refractivity contribution in [3.8, 4) is 0 Å². The molecule has 6 rings (SSSR count). The highest BCUT2D eigenvalue weighted by Gasteiger charge is 2.63. The molecule has 8 atom stereocenters. The Morgan fingerprint density at radius 3 is 2.12 bits per heavy atom. The van der Waals surface area contributed by atoms with Gasteiger partial charge in [-0.2, -0.15) is 0 Å². The average Bonchev–Trinajstić information content (AvgIpc) is 3.31. The number of benzene rings is 2. The van der Waals surface area contributed by atoms with E-state index in [1.807, 2.05) is 36.4 Å². The van der Waals surface area contributed by atoms with Gasteiger partial charge >= 0.3 is 0 Å². The number of carbonyl (C=O) groups excluding carboxylic acids is 3. The molecule has 4 aliphatic carbocycles. The number of Topliss-reactive ketones (excluding diaryl/α,β-unsaturated/α-hetero) is 2.